The molecule has 0 atom stereocenters. The van der Waals surface area contributed by atoms with Gasteiger partial charge in [-0.15, -0.1) is 0 Å². The third-order valence-corrected chi connectivity index (χ3v) is 8.19. The van der Waals surface area contributed by atoms with E-state index >= 15 is 0 Å². The highest BCUT2D eigenvalue weighted by Crippen LogP contribution is 2.46. The van der Waals surface area contributed by atoms with Crippen molar-refractivity contribution in [1.82, 2.24) is 9.13 Å². The van der Waals surface area contributed by atoms with Crippen molar-refractivity contribution in [2.75, 3.05) is 0 Å². The van der Waals surface area contributed by atoms with Crippen LogP contribution in [0.25, 0.3) is 49.2 Å². The van der Waals surface area contributed by atoms with Gasteiger partial charge in [-0.1, -0.05) is 115 Å². The lowest BCUT2D eigenvalue weighted by Gasteiger charge is -2.40. The molecule has 0 fully saturated rings. The Morgan fingerprint density at radius 3 is 1.29 bits per heavy atom. The average molecular weight is 487 g/mol. The standard InChI is InChI=1S/C36H26N2/c1-2-13-26(14-3-1)27-15-12-24-36(25-27,37-32-20-8-4-16-28(32)29-17-5-9-21-33(29)37)38-34-22-10-6-18-30(34)31-19-7-11-23-35(31)38/h1-24H,25H2. The zero-order chi connectivity index (χ0) is 25.1. The van der Waals surface area contributed by atoms with E-state index in [9.17, 15) is 0 Å². The first-order valence-electron chi connectivity index (χ1n) is 13.3. The van der Waals surface area contributed by atoms with Gasteiger partial charge in [-0.2, -0.15) is 0 Å². The first-order valence-corrected chi connectivity index (χ1v) is 13.3. The lowest BCUT2D eigenvalue weighted by molar-refractivity contribution is 0.351. The van der Waals surface area contributed by atoms with E-state index in [2.05, 4.69) is 155 Å². The summed E-state index contributed by atoms with van der Waals surface area (Å²) in [6.07, 6.45) is 7.80. The van der Waals surface area contributed by atoms with Crippen LogP contribution >= 0.6 is 0 Å². The van der Waals surface area contributed by atoms with E-state index < -0.39 is 5.66 Å². The molecule has 2 heteroatoms. The molecule has 0 spiro atoms. The first-order chi connectivity index (χ1) is 18.9. The van der Waals surface area contributed by atoms with Crippen LogP contribution in [0.1, 0.15) is 12.0 Å². The van der Waals surface area contributed by atoms with Crippen LogP contribution in [0.15, 0.2) is 146 Å². The Morgan fingerprint density at radius 2 is 0.842 bits per heavy atom. The smallest absolute Gasteiger partial charge is 0.145 e. The van der Waals surface area contributed by atoms with Crippen molar-refractivity contribution in [1.29, 1.82) is 0 Å². The Bertz CT molecular complexity index is 1830. The summed E-state index contributed by atoms with van der Waals surface area (Å²) in [5, 5.41) is 5.14. The third-order valence-electron chi connectivity index (χ3n) is 8.19. The molecule has 2 heterocycles. The van der Waals surface area contributed by atoms with E-state index in [1.54, 1.807) is 0 Å². The van der Waals surface area contributed by atoms with Crippen molar-refractivity contribution >= 4 is 49.2 Å². The third kappa shape index (κ3) is 2.89. The molecule has 1 aliphatic carbocycles. The molecule has 0 saturated carbocycles. The van der Waals surface area contributed by atoms with Gasteiger partial charge in [0, 0.05) is 28.0 Å². The van der Waals surface area contributed by atoms with Crippen molar-refractivity contribution in [3.05, 3.63) is 151 Å². The number of benzene rings is 5. The molecule has 0 unspecified atom stereocenters. The fourth-order valence-corrected chi connectivity index (χ4v) is 6.65. The molecule has 0 N–H and O–H groups in total. The van der Waals surface area contributed by atoms with Gasteiger partial charge in [0.15, 0.2) is 0 Å². The summed E-state index contributed by atoms with van der Waals surface area (Å²) < 4.78 is 5.17. The molecule has 180 valence electrons. The Morgan fingerprint density at radius 1 is 0.447 bits per heavy atom. The van der Waals surface area contributed by atoms with Crippen molar-refractivity contribution < 1.29 is 0 Å². The van der Waals surface area contributed by atoms with Crippen LogP contribution in [0.2, 0.25) is 0 Å². The zero-order valence-electron chi connectivity index (χ0n) is 21.0. The predicted octanol–water partition coefficient (Wildman–Crippen LogP) is 9.15. The number of hydrogen-bond donors (Lipinski definition) is 0. The number of para-hydroxylation sites is 4. The van der Waals surface area contributed by atoms with Gasteiger partial charge in [-0.3, -0.25) is 0 Å². The molecule has 0 radical (unpaired) electrons. The second kappa shape index (κ2) is 8.09. The summed E-state index contributed by atoms with van der Waals surface area (Å²) in [5.74, 6) is 0. The van der Waals surface area contributed by atoms with Gasteiger partial charge in [0.25, 0.3) is 0 Å². The lowest BCUT2D eigenvalue weighted by atomic mass is 9.88. The maximum Gasteiger partial charge on any atom is 0.145 e. The normalized spacial score (nSPS) is 15.0. The Labute approximate surface area is 221 Å². The summed E-state index contributed by atoms with van der Waals surface area (Å²) in [5.41, 5.74) is 7.08. The van der Waals surface area contributed by atoms with Crippen molar-refractivity contribution in [2.24, 2.45) is 0 Å². The number of rotatable bonds is 3. The molecular formula is C36H26N2. The Hall–Kier alpha value is -4.82. The molecule has 0 saturated heterocycles. The number of aromatic nitrogens is 2. The first kappa shape index (κ1) is 21.3. The molecular weight excluding hydrogens is 460 g/mol. The molecule has 2 nitrogen and oxygen atoms in total. The Balaban J connectivity index is 1.55. The molecule has 0 amide bonds. The molecule has 8 rings (SSSR count). The van der Waals surface area contributed by atoms with E-state index in [1.165, 1.54) is 54.7 Å². The van der Waals surface area contributed by atoms with Gasteiger partial charge < -0.3 is 9.13 Å². The number of nitrogens with zero attached hydrogens (tertiary/aromatic N) is 2. The minimum atomic E-state index is -0.495. The summed E-state index contributed by atoms with van der Waals surface area (Å²) in [6, 6.07) is 46.2. The fraction of sp³-hybridized carbons (Fsp3) is 0.0556. The number of fused-ring (bicyclic) bond motifs is 6. The lowest BCUT2D eigenvalue weighted by Crippen LogP contribution is -2.40. The molecule has 2 aromatic heterocycles. The van der Waals surface area contributed by atoms with E-state index in [4.69, 9.17) is 0 Å². The van der Waals surface area contributed by atoms with Crippen molar-refractivity contribution in [3.63, 3.8) is 0 Å². The van der Waals surface area contributed by atoms with Crippen LogP contribution in [0.3, 0.4) is 0 Å². The molecule has 1 aliphatic rings. The SMILES string of the molecule is C1=CC(n2c3ccccc3c3ccccc32)(n2c3ccccc3c3ccccc32)CC(c2ccccc2)=C1. The topological polar surface area (TPSA) is 9.86 Å². The van der Waals surface area contributed by atoms with Crippen LogP contribution in [0.5, 0.6) is 0 Å². The van der Waals surface area contributed by atoms with Crippen LogP contribution in [0.4, 0.5) is 0 Å². The van der Waals surface area contributed by atoms with Gasteiger partial charge in [0.1, 0.15) is 5.66 Å². The quantitative estimate of drug-likeness (QED) is 0.236. The maximum atomic E-state index is 2.59. The number of allylic oxidation sites excluding steroid dienone is 4. The molecule has 0 aliphatic heterocycles. The summed E-state index contributed by atoms with van der Waals surface area (Å²) in [4.78, 5) is 0. The maximum absolute atomic E-state index is 2.59. The Kier molecular flexibility index (Phi) is 4.53. The highest BCUT2D eigenvalue weighted by atomic mass is 15.3. The second-order valence-corrected chi connectivity index (χ2v) is 10.2. The highest BCUT2D eigenvalue weighted by Gasteiger charge is 2.39. The second-order valence-electron chi connectivity index (χ2n) is 10.2. The zero-order valence-corrected chi connectivity index (χ0v) is 21.0. The summed E-state index contributed by atoms with van der Waals surface area (Å²) in [7, 11) is 0. The molecule has 5 aromatic carbocycles. The minimum Gasteiger partial charge on any atom is -0.313 e. The van der Waals surface area contributed by atoms with E-state index in [0.29, 0.717) is 0 Å². The predicted molar refractivity (Wildman–Crippen MR) is 160 cm³/mol. The van der Waals surface area contributed by atoms with E-state index in [1.807, 2.05) is 0 Å². The van der Waals surface area contributed by atoms with Gasteiger partial charge in [-0.25, -0.2) is 0 Å². The van der Waals surface area contributed by atoms with E-state index in [-0.39, 0.29) is 0 Å². The average Bonchev–Trinajstić information content (AvgIpc) is 3.52. The highest BCUT2D eigenvalue weighted by molar-refractivity contribution is 6.10. The van der Waals surface area contributed by atoms with Crippen LogP contribution in [-0.4, -0.2) is 9.13 Å². The van der Waals surface area contributed by atoms with Crippen molar-refractivity contribution in [3.8, 4) is 0 Å². The molecule has 38 heavy (non-hydrogen) atoms. The van der Waals surface area contributed by atoms with E-state index in [0.717, 1.165) is 6.42 Å². The molecule has 0 bridgehead atoms. The summed E-state index contributed by atoms with van der Waals surface area (Å²) >= 11 is 0. The van der Waals surface area contributed by atoms with Crippen LogP contribution < -0.4 is 0 Å². The van der Waals surface area contributed by atoms with Gasteiger partial charge >= 0.3 is 0 Å². The van der Waals surface area contributed by atoms with Crippen molar-refractivity contribution in [2.45, 2.75) is 12.1 Å². The summed E-state index contributed by atoms with van der Waals surface area (Å²) in [6.45, 7) is 0. The van der Waals surface area contributed by atoms with Gasteiger partial charge in [0.2, 0.25) is 0 Å². The fourth-order valence-electron chi connectivity index (χ4n) is 6.65. The largest absolute Gasteiger partial charge is 0.313 e. The van der Waals surface area contributed by atoms with Crippen LogP contribution in [-0.2, 0) is 5.66 Å². The monoisotopic (exact) mass is 486 g/mol. The number of hydrogen-bond acceptors (Lipinski definition) is 0. The minimum absolute atomic E-state index is 0.495. The van der Waals surface area contributed by atoms with Crippen LogP contribution in [0, 0.1) is 0 Å². The molecule has 7 aromatic rings. The van der Waals surface area contributed by atoms with Gasteiger partial charge in [0.05, 0.1) is 22.1 Å². The van der Waals surface area contributed by atoms with Gasteiger partial charge in [-0.05, 0) is 41.5 Å².